The molecule has 0 aromatic heterocycles. The number of amides is 1. The number of phenolic OH excluding ortho intramolecular Hbond substituents is 1. The van der Waals surface area contributed by atoms with Gasteiger partial charge < -0.3 is 9.84 Å². The predicted octanol–water partition coefficient (Wildman–Crippen LogP) is 5.54. The zero-order valence-corrected chi connectivity index (χ0v) is 17.2. The second-order valence-electron chi connectivity index (χ2n) is 6.83. The van der Waals surface area contributed by atoms with Crippen molar-refractivity contribution in [2.24, 2.45) is 5.10 Å². The zero-order valence-electron chi connectivity index (χ0n) is 16.5. The van der Waals surface area contributed by atoms with Gasteiger partial charge >= 0.3 is 0 Å². The van der Waals surface area contributed by atoms with Crippen molar-refractivity contribution in [1.82, 2.24) is 5.43 Å². The maximum atomic E-state index is 12.7. The van der Waals surface area contributed by atoms with Crippen LogP contribution in [-0.4, -0.2) is 17.2 Å². The summed E-state index contributed by atoms with van der Waals surface area (Å²) >= 11 is 5.91. The van der Waals surface area contributed by atoms with Crippen LogP contribution in [0.2, 0.25) is 5.02 Å². The average Bonchev–Trinajstić information content (AvgIpc) is 2.80. The number of hydrogen-bond acceptors (Lipinski definition) is 4. The van der Waals surface area contributed by atoms with Gasteiger partial charge in [0.25, 0.3) is 5.91 Å². The van der Waals surface area contributed by atoms with Gasteiger partial charge in [-0.05, 0) is 46.7 Å². The Bertz CT molecular complexity index is 1250. The molecule has 0 unspecified atom stereocenters. The number of rotatable bonds is 6. The van der Waals surface area contributed by atoms with Crippen LogP contribution in [0.1, 0.15) is 21.5 Å². The minimum absolute atomic E-state index is 0.0865. The number of para-hydroxylation sites is 1. The first-order valence-electron chi connectivity index (χ1n) is 9.62. The third-order valence-electron chi connectivity index (χ3n) is 4.75. The van der Waals surface area contributed by atoms with E-state index in [0.717, 1.165) is 16.3 Å². The van der Waals surface area contributed by atoms with Crippen LogP contribution in [0.4, 0.5) is 0 Å². The lowest BCUT2D eigenvalue weighted by molar-refractivity contribution is 0.0950. The molecule has 4 aromatic carbocycles. The topological polar surface area (TPSA) is 70.9 Å². The van der Waals surface area contributed by atoms with Crippen molar-refractivity contribution in [2.75, 3.05) is 0 Å². The molecule has 0 saturated carbocycles. The maximum absolute atomic E-state index is 12.7. The molecule has 0 fully saturated rings. The average molecular weight is 431 g/mol. The van der Waals surface area contributed by atoms with E-state index in [1.807, 2.05) is 42.5 Å². The number of carbonyl (C=O) groups is 1. The van der Waals surface area contributed by atoms with Crippen molar-refractivity contribution in [3.05, 3.63) is 107 Å². The van der Waals surface area contributed by atoms with Crippen LogP contribution in [0, 0.1) is 0 Å². The highest BCUT2D eigenvalue weighted by Crippen LogP contribution is 2.25. The van der Waals surface area contributed by atoms with Crippen LogP contribution in [0.3, 0.4) is 0 Å². The van der Waals surface area contributed by atoms with E-state index in [0.29, 0.717) is 28.5 Å². The lowest BCUT2D eigenvalue weighted by atomic mass is 10.0. The van der Waals surface area contributed by atoms with Crippen LogP contribution in [-0.2, 0) is 6.61 Å². The van der Waals surface area contributed by atoms with E-state index in [-0.39, 0.29) is 5.75 Å². The molecule has 31 heavy (non-hydrogen) atoms. The van der Waals surface area contributed by atoms with Gasteiger partial charge in [0, 0.05) is 10.6 Å². The van der Waals surface area contributed by atoms with Crippen molar-refractivity contribution in [2.45, 2.75) is 6.61 Å². The maximum Gasteiger partial charge on any atom is 0.275 e. The number of benzene rings is 4. The fourth-order valence-corrected chi connectivity index (χ4v) is 3.28. The normalized spacial score (nSPS) is 11.0. The number of ether oxygens (including phenoxy) is 1. The first kappa shape index (κ1) is 20.4. The largest absolute Gasteiger partial charge is 0.507 e. The summed E-state index contributed by atoms with van der Waals surface area (Å²) in [6.07, 6.45) is 1.44. The molecule has 5 nitrogen and oxygen atoms in total. The minimum Gasteiger partial charge on any atom is -0.507 e. The summed E-state index contributed by atoms with van der Waals surface area (Å²) in [7, 11) is 0. The van der Waals surface area contributed by atoms with Crippen LogP contribution < -0.4 is 10.2 Å². The van der Waals surface area contributed by atoms with Gasteiger partial charge in [-0.15, -0.1) is 0 Å². The van der Waals surface area contributed by atoms with Gasteiger partial charge in [-0.2, -0.15) is 5.10 Å². The molecule has 4 rings (SSSR count). The zero-order chi connectivity index (χ0) is 21.6. The number of nitrogens with zero attached hydrogens (tertiary/aromatic N) is 1. The van der Waals surface area contributed by atoms with E-state index in [9.17, 15) is 9.90 Å². The molecule has 154 valence electrons. The summed E-state index contributed by atoms with van der Waals surface area (Å²) in [6, 6.07) is 25.3. The Hall–Kier alpha value is -3.83. The van der Waals surface area contributed by atoms with Crippen molar-refractivity contribution in [1.29, 1.82) is 0 Å². The Kier molecular flexibility index (Phi) is 6.15. The number of carbonyl (C=O) groups excluding carboxylic acids is 1. The number of fused-ring (bicyclic) bond motifs is 1. The van der Waals surface area contributed by atoms with Gasteiger partial charge in [0.2, 0.25) is 0 Å². The van der Waals surface area contributed by atoms with E-state index < -0.39 is 5.91 Å². The summed E-state index contributed by atoms with van der Waals surface area (Å²) in [4.78, 5) is 12.7. The minimum atomic E-state index is -0.414. The highest BCUT2D eigenvalue weighted by atomic mass is 35.5. The lowest BCUT2D eigenvalue weighted by Crippen LogP contribution is -2.18. The Balaban J connectivity index is 1.48. The first-order valence-corrected chi connectivity index (χ1v) is 10.00. The van der Waals surface area contributed by atoms with Gasteiger partial charge in [-0.3, -0.25) is 4.79 Å². The standard InChI is InChI=1S/C25H19ClN2O3/c26-19-12-9-17(10-13-19)16-31-24-8-4-3-7-21(24)25(30)28-27-15-22-20-6-2-1-5-18(20)11-14-23(22)29/h1-15,29H,16H2,(H,28,30). The molecule has 0 bridgehead atoms. The van der Waals surface area contributed by atoms with Crippen molar-refractivity contribution >= 4 is 34.5 Å². The second kappa shape index (κ2) is 9.32. The Morgan fingerprint density at radius 3 is 2.55 bits per heavy atom. The van der Waals surface area contributed by atoms with Crippen LogP contribution in [0.15, 0.2) is 90.0 Å². The number of aromatic hydroxyl groups is 1. The van der Waals surface area contributed by atoms with Crippen LogP contribution in [0.5, 0.6) is 11.5 Å². The van der Waals surface area contributed by atoms with Gasteiger partial charge in [0.1, 0.15) is 18.1 Å². The molecule has 0 saturated heterocycles. The summed E-state index contributed by atoms with van der Waals surface area (Å²) in [5.74, 6) is 0.115. The van der Waals surface area contributed by atoms with E-state index in [4.69, 9.17) is 16.3 Å². The number of hydrogen-bond donors (Lipinski definition) is 2. The van der Waals surface area contributed by atoms with Crippen LogP contribution in [0.25, 0.3) is 10.8 Å². The van der Waals surface area contributed by atoms with E-state index >= 15 is 0 Å². The molecule has 0 aliphatic carbocycles. The summed E-state index contributed by atoms with van der Waals surface area (Å²) in [6.45, 7) is 0.300. The summed E-state index contributed by atoms with van der Waals surface area (Å²) in [5.41, 5.74) is 4.33. The molecule has 0 aliphatic rings. The SMILES string of the molecule is O=C(NN=Cc1c(O)ccc2ccccc12)c1ccccc1OCc1ccc(Cl)cc1. The molecular formula is C25H19ClN2O3. The van der Waals surface area contributed by atoms with E-state index in [1.54, 1.807) is 42.5 Å². The Labute approximate surface area is 184 Å². The van der Waals surface area contributed by atoms with E-state index in [1.165, 1.54) is 6.21 Å². The molecular weight excluding hydrogens is 412 g/mol. The molecule has 0 atom stereocenters. The third-order valence-corrected chi connectivity index (χ3v) is 5.00. The number of nitrogens with one attached hydrogen (secondary N) is 1. The lowest BCUT2D eigenvalue weighted by Gasteiger charge is -2.10. The van der Waals surface area contributed by atoms with Crippen molar-refractivity contribution in [3.8, 4) is 11.5 Å². The van der Waals surface area contributed by atoms with Crippen molar-refractivity contribution in [3.63, 3.8) is 0 Å². The molecule has 4 aromatic rings. The fraction of sp³-hybridized carbons (Fsp3) is 0.0400. The summed E-state index contributed by atoms with van der Waals surface area (Å²) < 4.78 is 5.83. The monoisotopic (exact) mass is 430 g/mol. The van der Waals surface area contributed by atoms with Gasteiger partial charge in [-0.25, -0.2) is 5.43 Å². The molecule has 2 N–H and O–H groups in total. The molecule has 1 amide bonds. The molecule has 0 radical (unpaired) electrons. The molecule has 0 heterocycles. The Morgan fingerprint density at radius 1 is 0.968 bits per heavy atom. The number of phenols is 1. The van der Waals surface area contributed by atoms with Crippen molar-refractivity contribution < 1.29 is 14.6 Å². The highest BCUT2D eigenvalue weighted by Gasteiger charge is 2.12. The van der Waals surface area contributed by atoms with Gasteiger partial charge in [-0.1, -0.05) is 66.2 Å². The smallest absolute Gasteiger partial charge is 0.275 e. The molecule has 6 heteroatoms. The molecule has 0 aliphatic heterocycles. The fourth-order valence-electron chi connectivity index (χ4n) is 3.16. The third kappa shape index (κ3) is 4.85. The Morgan fingerprint density at radius 2 is 1.71 bits per heavy atom. The second-order valence-corrected chi connectivity index (χ2v) is 7.27. The molecule has 0 spiro atoms. The predicted molar refractivity (Wildman–Crippen MR) is 123 cm³/mol. The first-order chi connectivity index (χ1) is 15.1. The van der Waals surface area contributed by atoms with Gasteiger partial charge in [0.15, 0.2) is 0 Å². The summed E-state index contributed by atoms with van der Waals surface area (Å²) in [5, 5.41) is 16.7. The van der Waals surface area contributed by atoms with Crippen LogP contribution >= 0.6 is 11.6 Å². The van der Waals surface area contributed by atoms with Gasteiger partial charge in [0.05, 0.1) is 11.8 Å². The number of halogens is 1. The van der Waals surface area contributed by atoms with E-state index in [2.05, 4.69) is 10.5 Å². The highest BCUT2D eigenvalue weighted by molar-refractivity contribution is 6.30. The quantitative estimate of drug-likeness (QED) is 0.311. The number of hydrazone groups is 1.